The molecule has 0 N–H and O–H groups in total. The highest BCUT2D eigenvalue weighted by Gasteiger charge is 2.19. The number of hydrogen-bond donors (Lipinski definition) is 0. The van der Waals surface area contributed by atoms with Crippen molar-refractivity contribution < 1.29 is 28.6 Å². The van der Waals surface area contributed by atoms with Gasteiger partial charge in [0, 0.05) is 19.3 Å². The molecule has 0 bridgehead atoms. The van der Waals surface area contributed by atoms with Crippen molar-refractivity contribution in [1.82, 2.24) is 0 Å². The van der Waals surface area contributed by atoms with Crippen molar-refractivity contribution >= 4 is 17.9 Å². The van der Waals surface area contributed by atoms with E-state index in [0.29, 0.717) is 19.3 Å². The Morgan fingerprint density at radius 1 is 0.256 bits per heavy atom. The second kappa shape index (κ2) is 66.9. The number of esters is 3. The molecule has 0 aliphatic rings. The minimum Gasteiger partial charge on any atom is -0.462 e. The van der Waals surface area contributed by atoms with Gasteiger partial charge in [-0.05, 0) is 96.3 Å². The van der Waals surface area contributed by atoms with E-state index in [2.05, 4.69) is 69.4 Å². The van der Waals surface area contributed by atoms with E-state index in [-0.39, 0.29) is 31.1 Å². The quantitative estimate of drug-likeness (QED) is 0.0261. The molecule has 0 spiro atoms. The van der Waals surface area contributed by atoms with E-state index in [9.17, 15) is 14.4 Å². The first-order valence-corrected chi connectivity index (χ1v) is 34.6. The maximum atomic E-state index is 12.9. The number of unbranched alkanes of at least 4 members (excludes halogenated alkanes) is 45. The molecular weight excluding hydrogens is 961 g/mol. The number of rotatable bonds is 64. The predicted molar refractivity (Wildman–Crippen MR) is 339 cm³/mol. The van der Waals surface area contributed by atoms with E-state index in [1.165, 1.54) is 238 Å². The van der Waals surface area contributed by atoms with Gasteiger partial charge < -0.3 is 14.2 Å². The van der Waals surface area contributed by atoms with Crippen LogP contribution in [0, 0.1) is 0 Å². The van der Waals surface area contributed by atoms with E-state index < -0.39 is 6.10 Å². The number of carbonyl (C=O) groups excluding carboxylic acids is 3. The van der Waals surface area contributed by atoms with E-state index in [1.54, 1.807) is 0 Å². The van der Waals surface area contributed by atoms with Crippen molar-refractivity contribution in [3.8, 4) is 0 Å². The fourth-order valence-electron chi connectivity index (χ4n) is 10.3. The van der Waals surface area contributed by atoms with Gasteiger partial charge in [0.15, 0.2) is 6.10 Å². The summed E-state index contributed by atoms with van der Waals surface area (Å²) >= 11 is 0. The number of carbonyl (C=O) groups is 3. The van der Waals surface area contributed by atoms with Crippen molar-refractivity contribution in [3.63, 3.8) is 0 Å². The molecule has 0 aromatic carbocycles. The Hall–Kier alpha value is -2.63. The van der Waals surface area contributed by atoms with Gasteiger partial charge in [-0.15, -0.1) is 0 Å². The third-order valence-electron chi connectivity index (χ3n) is 15.5. The van der Waals surface area contributed by atoms with Crippen molar-refractivity contribution in [2.75, 3.05) is 13.2 Å². The lowest BCUT2D eigenvalue weighted by atomic mass is 10.0. The van der Waals surface area contributed by atoms with Crippen molar-refractivity contribution in [2.45, 2.75) is 380 Å². The summed E-state index contributed by atoms with van der Waals surface area (Å²) in [6.07, 6.45) is 84.4. The van der Waals surface area contributed by atoms with Gasteiger partial charge in [-0.2, -0.15) is 0 Å². The molecule has 6 heteroatoms. The third-order valence-corrected chi connectivity index (χ3v) is 15.5. The molecule has 0 aromatic rings. The smallest absolute Gasteiger partial charge is 0.306 e. The highest BCUT2D eigenvalue weighted by Crippen LogP contribution is 2.18. The molecule has 0 rings (SSSR count). The van der Waals surface area contributed by atoms with Gasteiger partial charge in [0.05, 0.1) is 0 Å². The van der Waals surface area contributed by atoms with Crippen LogP contribution in [-0.2, 0) is 28.6 Å². The lowest BCUT2D eigenvalue weighted by Gasteiger charge is -2.18. The summed E-state index contributed by atoms with van der Waals surface area (Å²) in [7, 11) is 0. The summed E-state index contributed by atoms with van der Waals surface area (Å²) in [5.74, 6) is -0.881. The normalized spacial score (nSPS) is 12.3. The molecule has 6 nitrogen and oxygen atoms in total. The number of allylic oxidation sites excluding steroid dienone is 8. The van der Waals surface area contributed by atoms with Gasteiger partial charge in [0.1, 0.15) is 13.2 Å². The van der Waals surface area contributed by atoms with Crippen molar-refractivity contribution in [3.05, 3.63) is 48.6 Å². The molecule has 0 saturated heterocycles. The Labute approximate surface area is 486 Å². The first kappa shape index (κ1) is 75.4. The minimum absolute atomic E-state index is 0.0775. The first-order chi connectivity index (χ1) is 38.5. The van der Waals surface area contributed by atoms with E-state index >= 15 is 0 Å². The molecule has 0 fully saturated rings. The topological polar surface area (TPSA) is 78.9 Å². The first-order valence-electron chi connectivity index (χ1n) is 34.6. The maximum Gasteiger partial charge on any atom is 0.306 e. The van der Waals surface area contributed by atoms with Crippen LogP contribution >= 0.6 is 0 Å². The van der Waals surface area contributed by atoms with Gasteiger partial charge >= 0.3 is 17.9 Å². The second-order valence-corrected chi connectivity index (χ2v) is 23.4. The van der Waals surface area contributed by atoms with Gasteiger partial charge in [0.2, 0.25) is 0 Å². The van der Waals surface area contributed by atoms with Gasteiger partial charge in [-0.25, -0.2) is 0 Å². The monoisotopic (exact) mass is 1090 g/mol. The molecule has 0 radical (unpaired) electrons. The van der Waals surface area contributed by atoms with E-state index in [1.807, 2.05) is 0 Å². The predicted octanol–water partition coefficient (Wildman–Crippen LogP) is 23.7. The Kier molecular flexibility index (Phi) is 64.6. The molecule has 0 aromatic heterocycles. The highest BCUT2D eigenvalue weighted by atomic mass is 16.6. The Morgan fingerprint density at radius 2 is 0.487 bits per heavy atom. The van der Waals surface area contributed by atoms with Crippen LogP contribution in [0.15, 0.2) is 48.6 Å². The van der Waals surface area contributed by atoms with Crippen LogP contribution in [-0.4, -0.2) is 37.2 Å². The van der Waals surface area contributed by atoms with Crippen molar-refractivity contribution in [2.24, 2.45) is 0 Å². The van der Waals surface area contributed by atoms with Gasteiger partial charge in [-0.3, -0.25) is 14.4 Å². The summed E-state index contributed by atoms with van der Waals surface area (Å²) in [5, 5.41) is 0. The van der Waals surface area contributed by atoms with E-state index in [0.717, 1.165) is 96.3 Å². The molecule has 0 aliphatic heterocycles. The molecule has 1 unspecified atom stereocenters. The summed E-state index contributed by atoms with van der Waals surface area (Å²) in [6, 6.07) is 0. The summed E-state index contributed by atoms with van der Waals surface area (Å²) < 4.78 is 16.9. The largest absolute Gasteiger partial charge is 0.462 e. The maximum absolute atomic E-state index is 12.9. The Bertz CT molecular complexity index is 1350. The molecule has 78 heavy (non-hydrogen) atoms. The summed E-state index contributed by atoms with van der Waals surface area (Å²) in [6.45, 7) is 6.60. The van der Waals surface area contributed by atoms with Crippen LogP contribution in [0.2, 0.25) is 0 Å². The van der Waals surface area contributed by atoms with E-state index in [4.69, 9.17) is 14.2 Å². The Morgan fingerprint density at radius 3 is 0.769 bits per heavy atom. The molecule has 0 heterocycles. The average Bonchev–Trinajstić information content (AvgIpc) is 3.44. The lowest BCUT2D eigenvalue weighted by Crippen LogP contribution is -2.30. The van der Waals surface area contributed by atoms with Crippen LogP contribution in [0.1, 0.15) is 374 Å². The molecule has 1 atom stereocenters. The lowest BCUT2D eigenvalue weighted by molar-refractivity contribution is -0.167. The van der Waals surface area contributed by atoms with Gasteiger partial charge in [-0.1, -0.05) is 307 Å². The minimum atomic E-state index is -0.782. The molecule has 0 amide bonds. The zero-order chi connectivity index (χ0) is 56.4. The second-order valence-electron chi connectivity index (χ2n) is 23.4. The molecular formula is C72H132O6. The van der Waals surface area contributed by atoms with Gasteiger partial charge in [0.25, 0.3) is 0 Å². The summed E-state index contributed by atoms with van der Waals surface area (Å²) in [4.78, 5) is 38.3. The van der Waals surface area contributed by atoms with Crippen molar-refractivity contribution in [1.29, 1.82) is 0 Å². The van der Waals surface area contributed by atoms with Crippen LogP contribution in [0.25, 0.3) is 0 Å². The zero-order valence-electron chi connectivity index (χ0n) is 52.5. The van der Waals surface area contributed by atoms with Crippen LogP contribution in [0.5, 0.6) is 0 Å². The highest BCUT2D eigenvalue weighted by molar-refractivity contribution is 5.71. The molecule has 0 saturated carbocycles. The van der Waals surface area contributed by atoms with Crippen LogP contribution in [0.4, 0.5) is 0 Å². The SMILES string of the molecule is CCC/C=C\C/C=C\CCCCCCCC(=O)OCC(COC(=O)CCCCCCCCCCCCCCCCCCCCCCC/C=C\CCCCCCCCCC)OC(=O)CCCCCCC/C=C\CCCCCCC. The fraction of sp³-hybridized carbons (Fsp3) is 0.847. The number of hydrogen-bond acceptors (Lipinski definition) is 6. The number of ether oxygens (including phenoxy) is 3. The molecule has 456 valence electrons. The Balaban J connectivity index is 4.08. The standard InChI is InChI=1S/C72H132O6/c1-4-7-10-13-16-19-22-25-27-28-29-30-31-32-33-34-35-36-37-38-39-40-41-42-43-44-45-48-50-53-56-59-62-65-71(74)77-68-69(67-76-70(73)64-61-58-55-52-49-46-24-21-18-15-12-9-6-3)78-72(75)66-63-60-57-54-51-47-26-23-20-17-14-11-8-5-2/h12,15,21,23-24,26,28-29,69H,4-11,13-14,16-20,22,25,27,30-68H2,1-3H3/b15-12-,24-21-,26-23-,29-28-. The fourth-order valence-corrected chi connectivity index (χ4v) is 10.3. The van der Waals surface area contributed by atoms with Crippen LogP contribution < -0.4 is 0 Å². The zero-order valence-corrected chi connectivity index (χ0v) is 52.5. The third kappa shape index (κ3) is 64.2. The van der Waals surface area contributed by atoms with Crippen LogP contribution in [0.3, 0.4) is 0 Å². The molecule has 0 aliphatic carbocycles. The average molecular weight is 1090 g/mol. The summed E-state index contributed by atoms with van der Waals surface area (Å²) in [5.41, 5.74) is 0.